The highest BCUT2D eigenvalue weighted by Crippen LogP contribution is 2.18. The first-order valence-electron chi connectivity index (χ1n) is 5.10. The monoisotopic (exact) mass is 274 g/mol. The minimum Gasteiger partial charge on any atom is -0.378 e. The third kappa shape index (κ3) is 3.88. The van der Waals surface area contributed by atoms with Crippen LogP contribution in [0.1, 0.15) is 0 Å². The van der Waals surface area contributed by atoms with Gasteiger partial charge in [-0.15, -0.1) is 10.1 Å². The minimum absolute atomic E-state index is 0.126. The second kappa shape index (κ2) is 5.67. The van der Waals surface area contributed by atoms with E-state index in [0.717, 1.165) is 5.69 Å². The van der Waals surface area contributed by atoms with Gasteiger partial charge in [-0.25, -0.2) is 8.42 Å². The number of nitrogens with zero attached hydrogens (tertiary/aromatic N) is 2. The van der Waals surface area contributed by atoms with Crippen molar-refractivity contribution in [2.24, 2.45) is 0 Å². The van der Waals surface area contributed by atoms with Crippen LogP contribution in [-0.2, 0) is 14.7 Å². The van der Waals surface area contributed by atoms with Crippen molar-refractivity contribution in [3.05, 3.63) is 34.4 Å². The van der Waals surface area contributed by atoms with E-state index in [1.807, 2.05) is 0 Å². The molecular weight excluding hydrogens is 260 g/mol. The van der Waals surface area contributed by atoms with E-state index in [0.29, 0.717) is 0 Å². The Kier molecular flexibility index (Phi) is 4.49. The zero-order valence-electron chi connectivity index (χ0n) is 10.1. The van der Waals surface area contributed by atoms with Gasteiger partial charge in [-0.3, -0.25) is 0 Å². The summed E-state index contributed by atoms with van der Waals surface area (Å²) in [6.45, 7) is -0.471. The van der Waals surface area contributed by atoms with Crippen LogP contribution >= 0.6 is 0 Å². The molecule has 0 amide bonds. The van der Waals surface area contributed by atoms with E-state index in [4.69, 9.17) is 0 Å². The van der Waals surface area contributed by atoms with Crippen LogP contribution in [0.5, 0.6) is 0 Å². The number of hydrogen-bond acceptors (Lipinski definition) is 6. The van der Waals surface area contributed by atoms with E-state index in [9.17, 15) is 18.5 Å². The van der Waals surface area contributed by atoms with Crippen LogP contribution in [0, 0.1) is 10.1 Å². The van der Waals surface area contributed by atoms with Gasteiger partial charge < -0.3 is 9.74 Å². The molecule has 0 aliphatic heterocycles. The van der Waals surface area contributed by atoms with Gasteiger partial charge in [-0.1, -0.05) is 6.07 Å². The van der Waals surface area contributed by atoms with Crippen molar-refractivity contribution in [3.63, 3.8) is 0 Å². The topological polar surface area (TPSA) is 89.8 Å². The lowest BCUT2D eigenvalue weighted by molar-refractivity contribution is -0.756. The molecule has 0 atom stereocenters. The molecule has 0 radical (unpaired) electrons. The molecule has 0 saturated carbocycles. The fourth-order valence-corrected chi connectivity index (χ4v) is 2.41. The van der Waals surface area contributed by atoms with E-state index in [1.165, 1.54) is 12.1 Å². The van der Waals surface area contributed by atoms with Crippen molar-refractivity contribution in [1.29, 1.82) is 0 Å². The molecular formula is C10H14N2O5S. The largest absolute Gasteiger partial charge is 0.378 e. The van der Waals surface area contributed by atoms with Crippen molar-refractivity contribution in [2.75, 3.05) is 31.4 Å². The summed E-state index contributed by atoms with van der Waals surface area (Å²) in [7, 11) is 0.0184. The Balaban J connectivity index is 2.84. The van der Waals surface area contributed by atoms with E-state index < -0.39 is 27.3 Å². The Morgan fingerprint density at radius 2 is 2.06 bits per heavy atom. The summed E-state index contributed by atoms with van der Waals surface area (Å²) >= 11 is 0. The predicted molar refractivity (Wildman–Crippen MR) is 65.8 cm³/mol. The third-order valence-corrected chi connectivity index (χ3v) is 3.92. The normalized spacial score (nSPS) is 11.0. The van der Waals surface area contributed by atoms with Crippen molar-refractivity contribution in [2.45, 2.75) is 4.90 Å². The zero-order chi connectivity index (χ0) is 13.8. The molecule has 100 valence electrons. The molecule has 7 nitrogen and oxygen atoms in total. The van der Waals surface area contributed by atoms with Crippen molar-refractivity contribution >= 4 is 15.5 Å². The summed E-state index contributed by atoms with van der Waals surface area (Å²) in [4.78, 5) is 15.9. The summed E-state index contributed by atoms with van der Waals surface area (Å²) in [6, 6.07) is 6.36. The van der Waals surface area contributed by atoms with Gasteiger partial charge in [0.15, 0.2) is 9.84 Å². The van der Waals surface area contributed by atoms with Gasteiger partial charge in [0.25, 0.3) is 5.09 Å². The summed E-state index contributed by atoms with van der Waals surface area (Å²) in [5.41, 5.74) is 0.742. The maximum Gasteiger partial charge on any atom is 0.294 e. The maximum atomic E-state index is 11.9. The lowest BCUT2D eigenvalue weighted by Crippen LogP contribution is -2.15. The fourth-order valence-electron chi connectivity index (χ4n) is 1.29. The molecule has 0 spiro atoms. The SMILES string of the molecule is CN(C)c1cccc(S(=O)(=O)CCO[N+](=O)[O-])c1. The van der Waals surface area contributed by atoms with Gasteiger partial charge in [0.2, 0.25) is 0 Å². The van der Waals surface area contributed by atoms with Gasteiger partial charge in [0.1, 0.15) is 6.61 Å². The first-order valence-corrected chi connectivity index (χ1v) is 6.75. The smallest absolute Gasteiger partial charge is 0.294 e. The lowest BCUT2D eigenvalue weighted by atomic mass is 10.3. The first-order chi connectivity index (χ1) is 8.33. The Labute approximate surface area is 105 Å². The molecule has 0 aliphatic rings. The van der Waals surface area contributed by atoms with Crippen LogP contribution in [0.25, 0.3) is 0 Å². The Bertz CT molecular complexity index is 527. The third-order valence-electron chi connectivity index (χ3n) is 2.24. The Hall–Kier alpha value is -1.83. The van der Waals surface area contributed by atoms with E-state index in [2.05, 4.69) is 4.84 Å². The summed E-state index contributed by atoms with van der Waals surface area (Å²) in [6.07, 6.45) is 0. The summed E-state index contributed by atoms with van der Waals surface area (Å²) < 4.78 is 23.7. The van der Waals surface area contributed by atoms with Crippen LogP contribution in [0.15, 0.2) is 29.2 Å². The second-order valence-corrected chi connectivity index (χ2v) is 5.88. The molecule has 0 N–H and O–H groups in total. The molecule has 8 heteroatoms. The molecule has 0 aromatic heterocycles. The molecule has 0 unspecified atom stereocenters. The maximum absolute atomic E-state index is 11.9. The van der Waals surface area contributed by atoms with Crippen LogP contribution in [0.3, 0.4) is 0 Å². The van der Waals surface area contributed by atoms with Gasteiger partial charge in [0.05, 0.1) is 10.6 Å². The quantitative estimate of drug-likeness (QED) is 0.561. The van der Waals surface area contributed by atoms with E-state index >= 15 is 0 Å². The standard InChI is InChI=1S/C10H14N2O5S/c1-11(2)9-4-3-5-10(8-9)18(15,16)7-6-17-12(13)14/h3-5,8H,6-7H2,1-2H3. The number of sulfone groups is 1. The average molecular weight is 274 g/mol. The van der Waals surface area contributed by atoms with Crippen LogP contribution in [0.2, 0.25) is 0 Å². The zero-order valence-corrected chi connectivity index (χ0v) is 10.9. The first kappa shape index (κ1) is 14.2. The molecule has 1 aromatic carbocycles. The highest BCUT2D eigenvalue weighted by molar-refractivity contribution is 7.91. The molecule has 0 heterocycles. The highest BCUT2D eigenvalue weighted by Gasteiger charge is 2.15. The number of rotatable bonds is 6. The van der Waals surface area contributed by atoms with Crippen LogP contribution in [0.4, 0.5) is 5.69 Å². The fraction of sp³-hybridized carbons (Fsp3) is 0.400. The predicted octanol–water partition coefficient (Wildman–Crippen LogP) is 0.735. The van der Waals surface area contributed by atoms with E-state index in [1.54, 1.807) is 31.1 Å². The molecule has 0 saturated heterocycles. The van der Waals surface area contributed by atoms with Crippen LogP contribution in [-0.4, -0.2) is 40.0 Å². The molecule has 1 aromatic rings. The van der Waals surface area contributed by atoms with Gasteiger partial charge in [0, 0.05) is 19.8 Å². The minimum atomic E-state index is -3.57. The Morgan fingerprint density at radius 3 is 2.61 bits per heavy atom. The van der Waals surface area contributed by atoms with E-state index in [-0.39, 0.29) is 4.90 Å². The van der Waals surface area contributed by atoms with Crippen molar-refractivity contribution in [1.82, 2.24) is 0 Å². The van der Waals surface area contributed by atoms with Crippen LogP contribution < -0.4 is 4.90 Å². The molecule has 1 rings (SSSR count). The molecule has 0 bridgehead atoms. The summed E-state index contributed by atoms with van der Waals surface area (Å²) in [5.74, 6) is -0.426. The lowest BCUT2D eigenvalue weighted by Gasteiger charge is -2.13. The number of benzene rings is 1. The van der Waals surface area contributed by atoms with Gasteiger partial charge in [-0.05, 0) is 18.2 Å². The molecule has 0 fully saturated rings. The van der Waals surface area contributed by atoms with Crippen molar-refractivity contribution < 1.29 is 18.3 Å². The molecule has 0 aliphatic carbocycles. The summed E-state index contributed by atoms with van der Waals surface area (Å²) in [5, 5.41) is 8.94. The number of anilines is 1. The van der Waals surface area contributed by atoms with Gasteiger partial charge >= 0.3 is 0 Å². The molecule has 18 heavy (non-hydrogen) atoms. The second-order valence-electron chi connectivity index (χ2n) is 3.77. The van der Waals surface area contributed by atoms with Crippen molar-refractivity contribution in [3.8, 4) is 0 Å². The average Bonchev–Trinajstić information content (AvgIpc) is 2.28. The number of hydrogen-bond donors (Lipinski definition) is 0. The van der Waals surface area contributed by atoms with Gasteiger partial charge in [-0.2, -0.15) is 0 Å². The Morgan fingerprint density at radius 1 is 1.39 bits per heavy atom. The highest BCUT2D eigenvalue weighted by atomic mass is 32.2.